The van der Waals surface area contributed by atoms with Gasteiger partial charge in [0.15, 0.2) is 0 Å². The van der Waals surface area contributed by atoms with Gasteiger partial charge in [0.05, 0.1) is 17.2 Å². The van der Waals surface area contributed by atoms with Gasteiger partial charge >= 0.3 is 0 Å². The van der Waals surface area contributed by atoms with E-state index in [1.165, 1.54) is 0 Å². The van der Waals surface area contributed by atoms with Crippen LogP contribution in [0.25, 0.3) is 0 Å². The summed E-state index contributed by atoms with van der Waals surface area (Å²) in [6, 6.07) is 0. The number of aromatic nitrogens is 2. The Morgan fingerprint density at radius 1 is 1.39 bits per heavy atom. The number of rotatable bonds is 7. The smallest absolute Gasteiger partial charge is 0.0632 e. The lowest BCUT2D eigenvalue weighted by molar-refractivity contribution is 0.166. The molecule has 1 heterocycles. The van der Waals surface area contributed by atoms with Gasteiger partial charge in [-0.15, -0.1) is 0 Å². The highest BCUT2D eigenvalue weighted by atomic mass is 79.9. The van der Waals surface area contributed by atoms with Crippen LogP contribution in [-0.2, 0) is 6.54 Å². The molecule has 5 heteroatoms. The molecule has 104 valence electrons. The van der Waals surface area contributed by atoms with E-state index in [9.17, 15) is 0 Å². The zero-order valence-electron chi connectivity index (χ0n) is 11.6. The van der Waals surface area contributed by atoms with Gasteiger partial charge in [-0.1, -0.05) is 20.8 Å². The second-order valence-electron chi connectivity index (χ2n) is 5.84. The summed E-state index contributed by atoms with van der Waals surface area (Å²) in [4.78, 5) is 2.39. The summed E-state index contributed by atoms with van der Waals surface area (Å²) in [5.74, 6) is 0. The molecule has 1 aromatic heterocycles. The van der Waals surface area contributed by atoms with Crippen LogP contribution in [0.5, 0.6) is 0 Å². The number of hydrogen-bond acceptors (Lipinski definition) is 3. The molecule has 0 aliphatic rings. The van der Waals surface area contributed by atoms with Gasteiger partial charge in [0.25, 0.3) is 0 Å². The number of aliphatic hydroxyl groups excluding tert-OH is 1. The third-order valence-electron chi connectivity index (χ3n) is 2.58. The van der Waals surface area contributed by atoms with Crippen molar-refractivity contribution < 1.29 is 5.11 Å². The molecular formula is C13H24BrN3O. The molecular weight excluding hydrogens is 294 g/mol. The van der Waals surface area contributed by atoms with Crippen LogP contribution in [0.4, 0.5) is 0 Å². The first-order valence-corrected chi connectivity index (χ1v) is 7.21. The summed E-state index contributed by atoms with van der Waals surface area (Å²) in [5.41, 5.74) is 0.278. The monoisotopic (exact) mass is 317 g/mol. The van der Waals surface area contributed by atoms with Crippen LogP contribution in [0, 0.1) is 5.41 Å². The Kier molecular flexibility index (Phi) is 6.32. The molecule has 0 amide bonds. The van der Waals surface area contributed by atoms with Gasteiger partial charge in [-0.3, -0.25) is 4.68 Å². The lowest BCUT2D eigenvalue weighted by Crippen LogP contribution is -2.36. The molecule has 18 heavy (non-hydrogen) atoms. The first-order chi connectivity index (χ1) is 8.40. The zero-order valence-corrected chi connectivity index (χ0v) is 13.2. The number of nitrogens with zero attached hydrogens (tertiary/aromatic N) is 3. The normalized spacial score (nSPS) is 12.3. The molecule has 0 aliphatic heterocycles. The molecule has 0 unspecified atom stereocenters. The zero-order chi connectivity index (χ0) is 13.6. The Bertz CT molecular complexity index is 346. The standard InChI is InChI=1S/C13H24BrN3O/c1-13(2,3)11-16(5-4-8-18)6-7-17-10-12(14)9-15-17/h9-10,18H,4-8,11H2,1-3H3. The molecule has 0 aromatic carbocycles. The molecule has 0 saturated carbocycles. The lowest BCUT2D eigenvalue weighted by Gasteiger charge is -2.29. The van der Waals surface area contributed by atoms with Crippen molar-refractivity contribution in [2.24, 2.45) is 5.41 Å². The maximum Gasteiger partial charge on any atom is 0.0632 e. The molecule has 0 bridgehead atoms. The maximum atomic E-state index is 8.95. The van der Waals surface area contributed by atoms with E-state index in [0.717, 1.165) is 37.1 Å². The Labute approximate surface area is 118 Å². The third-order valence-corrected chi connectivity index (χ3v) is 2.99. The molecule has 0 aliphatic carbocycles. The highest BCUT2D eigenvalue weighted by molar-refractivity contribution is 9.10. The lowest BCUT2D eigenvalue weighted by atomic mass is 9.96. The van der Waals surface area contributed by atoms with Crippen molar-refractivity contribution in [1.29, 1.82) is 0 Å². The van der Waals surface area contributed by atoms with E-state index >= 15 is 0 Å². The molecule has 1 N–H and O–H groups in total. The summed E-state index contributed by atoms with van der Waals surface area (Å²) in [6.45, 7) is 10.8. The van der Waals surface area contributed by atoms with E-state index in [0.29, 0.717) is 0 Å². The molecule has 0 fully saturated rings. The van der Waals surface area contributed by atoms with Gasteiger partial charge in [0, 0.05) is 32.4 Å². The van der Waals surface area contributed by atoms with E-state index in [1.54, 1.807) is 0 Å². The van der Waals surface area contributed by atoms with E-state index in [4.69, 9.17) is 5.11 Å². The maximum absolute atomic E-state index is 8.95. The summed E-state index contributed by atoms with van der Waals surface area (Å²) in [6.07, 6.45) is 4.63. The SMILES string of the molecule is CC(C)(C)CN(CCCO)CCn1cc(Br)cn1. The third kappa shape index (κ3) is 6.52. The van der Waals surface area contributed by atoms with Gasteiger partial charge in [-0.05, 0) is 27.8 Å². The van der Waals surface area contributed by atoms with Crippen LogP contribution in [0.2, 0.25) is 0 Å². The highest BCUT2D eigenvalue weighted by Gasteiger charge is 2.16. The molecule has 4 nitrogen and oxygen atoms in total. The van der Waals surface area contributed by atoms with E-state index < -0.39 is 0 Å². The Morgan fingerprint density at radius 2 is 2.11 bits per heavy atom. The Hall–Kier alpha value is -0.390. The summed E-state index contributed by atoms with van der Waals surface area (Å²) in [7, 11) is 0. The summed E-state index contributed by atoms with van der Waals surface area (Å²) in [5, 5.41) is 13.2. The molecule has 1 aromatic rings. The molecule has 0 radical (unpaired) electrons. The van der Waals surface area contributed by atoms with Crippen LogP contribution in [-0.4, -0.2) is 46.0 Å². The second-order valence-corrected chi connectivity index (χ2v) is 6.75. The number of halogens is 1. The van der Waals surface area contributed by atoms with Gasteiger partial charge in [-0.25, -0.2) is 0 Å². The largest absolute Gasteiger partial charge is 0.396 e. The van der Waals surface area contributed by atoms with E-state index in [1.807, 2.05) is 17.1 Å². The van der Waals surface area contributed by atoms with Crippen molar-refractivity contribution in [2.45, 2.75) is 33.7 Å². The van der Waals surface area contributed by atoms with Gasteiger partial charge in [0.2, 0.25) is 0 Å². The van der Waals surface area contributed by atoms with Crippen LogP contribution < -0.4 is 0 Å². The molecule has 0 atom stereocenters. The van der Waals surface area contributed by atoms with Crippen molar-refractivity contribution in [3.8, 4) is 0 Å². The van der Waals surface area contributed by atoms with Crippen LogP contribution in [0.15, 0.2) is 16.9 Å². The summed E-state index contributed by atoms with van der Waals surface area (Å²) >= 11 is 3.40. The van der Waals surface area contributed by atoms with Gasteiger partial charge < -0.3 is 10.0 Å². The van der Waals surface area contributed by atoms with Crippen molar-refractivity contribution in [3.63, 3.8) is 0 Å². The molecule has 0 spiro atoms. The van der Waals surface area contributed by atoms with E-state index in [-0.39, 0.29) is 12.0 Å². The fourth-order valence-corrected chi connectivity index (χ4v) is 2.27. The first kappa shape index (κ1) is 15.7. The van der Waals surface area contributed by atoms with Gasteiger partial charge in [-0.2, -0.15) is 5.10 Å². The van der Waals surface area contributed by atoms with Crippen LogP contribution in [0.1, 0.15) is 27.2 Å². The predicted octanol–water partition coefficient (Wildman–Crippen LogP) is 2.38. The van der Waals surface area contributed by atoms with Crippen LogP contribution in [0.3, 0.4) is 0 Å². The average Bonchev–Trinajstić information content (AvgIpc) is 2.66. The quantitative estimate of drug-likeness (QED) is 0.839. The van der Waals surface area contributed by atoms with Crippen molar-refractivity contribution >= 4 is 15.9 Å². The molecule has 0 saturated heterocycles. The minimum absolute atomic E-state index is 0.258. The molecule has 1 rings (SSSR count). The number of hydrogen-bond donors (Lipinski definition) is 1. The highest BCUT2D eigenvalue weighted by Crippen LogP contribution is 2.15. The van der Waals surface area contributed by atoms with Crippen molar-refractivity contribution in [3.05, 3.63) is 16.9 Å². The first-order valence-electron chi connectivity index (χ1n) is 6.42. The minimum Gasteiger partial charge on any atom is -0.396 e. The fourth-order valence-electron chi connectivity index (χ4n) is 1.94. The van der Waals surface area contributed by atoms with E-state index in [2.05, 4.69) is 46.7 Å². The van der Waals surface area contributed by atoms with Crippen LogP contribution >= 0.6 is 15.9 Å². The summed E-state index contributed by atoms with van der Waals surface area (Å²) < 4.78 is 2.96. The van der Waals surface area contributed by atoms with Crippen molar-refractivity contribution in [2.75, 3.05) is 26.2 Å². The Morgan fingerprint density at radius 3 is 2.61 bits per heavy atom. The fraction of sp³-hybridized carbons (Fsp3) is 0.769. The van der Waals surface area contributed by atoms with Gasteiger partial charge in [0.1, 0.15) is 0 Å². The average molecular weight is 318 g/mol. The predicted molar refractivity (Wildman–Crippen MR) is 77.5 cm³/mol. The van der Waals surface area contributed by atoms with Crippen molar-refractivity contribution in [1.82, 2.24) is 14.7 Å². The minimum atomic E-state index is 0.258. The number of aliphatic hydroxyl groups is 1. The topological polar surface area (TPSA) is 41.3 Å². The second kappa shape index (κ2) is 7.26. The Balaban J connectivity index is 2.44.